The van der Waals surface area contributed by atoms with Crippen molar-refractivity contribution in [2.45, 2.75) is 64.5 Å². The van der Waals surface area contributed by atoms with Crippen LogP contribution in [0, 0.1) is 12.8 Å². The van der Waals surface area contributed by atoms with Crippen LogP contribution in [0.5, 0.6) is 0 Å². The Morgan fingerprint density at radius 1 is 1.10 bits per heavy atom. The van der Waals surface area contributed by atoms with E-state index in [-0.39, 0.29) is 11.6 Å². The lowest BCUT2D eigenvalue weighted by Crippen LogP contribution is -2.40. The van der Waals surface area contributed by atoms with Crippen LogP contribution >= 0.6 is 0 Å². The Balaban J connectivity index is 1.63. The van der Waals surface area contributed by atoms with E-state index in [0.717, 1.165) is 66.6 Å². The predicted octanol–water partition coefficient (Wildman–Crippen LogP) is 3.76. The van der Waals surface area contributed by atoms with Crippen LogP contribution in [0.2, 0.25) is 0 Å². The van der Waals surface area contributed by atoms with Crippen LogP contribution in [0.4, 0.5) is 0 Å². The first-order valence-electron chi connectivity index (χ1n) is 11.3. The number of aryl methyl sites for hydroxylation is 1. The maximum Gasteiger partial charge on any atom is 0.253 e. The molecular weight excluding hydrogens is 376 g/mol. The Labute approximate surface area is 176 Å². The molecule has 3 aromatic rings. The first-order valence-corrected chi connectivity index (χ1v) is 11.3. The van der Waals surface area contributed by atoms with E-state index in [4.69, 9.17) is 0 Å². The van der Waals surface area contributed by atoms with Crippen molar-refractivity contribution < 1.29 is 0 Å². The van der Waals surface area contributed by atoms with Crippen LogP contribution < -0.4 is 5.56 Å². The number of fused-ring (bicyclic) bond motifs is 1. The van der Waals surface area contributed by atoms with Gasteiger partial charge in [-0.2, -0.15) is 0 Å². The number of aromatic amines is 1. The summed E-state index contributed by atoms with van der Waals surface area (Å²) in [6.07, 6.45) is 6.90. The van der Waals surface area contributed by atoms with Gasteiger partial charge in [0, 0.05) is 11.1 Å². The smallest absolute Gasteiger partial charge is 0.253 e. The highest BCUT2D eigenvalue weighted by Gasteiger charge is 2.34. The molecule has 0 amide bonds. The topological polar surface area (TPSA) is 79.7 Å². The molecule has 1 aromatic carbocycles. The van der Waals surface area contributed by atoms with E-state index >= 15 is 0 Å². The van der Waals surface area contributed by atoms with Crippen molar-refractivity contribution >= 4 is 10.9 Å². The maximum atomic E-state index is 13.3. The maximum absolute atomic E-state index is 13.3. The second kappa shape index (κ2) is 7.95. The third kappa shape index (κ3) is 3.55. The number of benzene rings is 1. The van der Waals surface area contributed by atoms with Crippen molar-refractivity contribution in [3.05, 3.63) is 51.6 Å². The van der Waals surface area contributed by atoms with Crippen molar-refractivity contribution in [1.82, 2.24) is 30.1 Å². The van der Waals surface area contributed by atoms with Gasteiger partial charge in [-0.1, -0.05) is 31.9 Å². The van der Waals surface area contributed by atoms with E-state index in [2.05, 4.69) is 44.5 Å². The number of likely N-dealkylation sites (tertiary alicyclic amines) is 1. The third-order valence-electron chi connectivity index (χ3n) is 6.94. The summed E-state index contributed by atoms with van der Waals surface area (Å²) in [7, 11) is 0. The molecule has 1 aliphatic heterocycles. The fourth-order valence-electron chi connectivity index (χ4n) is 5.11. The van der Waals surface area contributed by atoms with Crippen molar-refractivity contribution in [1.29, 1.82) is 0 Å². The van der Waals surface area contributed by atoms with E-state index in [1.165, 1.54) is 12.8 Å². The Morgan fingerprint density at radius 3 is 2.63 bits per heavy atom. The summed E-state index contributed by atoms with van der Waals surface area (Å²) in [5, 5.41) is 13.9. The van der Waals surface area contributed by atoms with Gasteiger partial charge in [0.15, 0.2) is 5.82 Å². The van der Waals surface area contributed by atoms with Gasteiger partial charge in [0.2, 0.25) is 0 Å². The largest absolute Gasteiger partial charge is 0.322 e. The highest BCUT2D eigenvalue weighted by atomic mass is 16.1. The van der Waals surface area contributed by atoms with Crippen LogP contribution in [-0.4, -0.2) is 43.2 Å². The molecule has 0 unspecified atom stereocenters. The lowest BCUT2D eigenvalue weighted by atomic mass is 9.95. The Kier molecular flexibility index (Phi) is 5.15. The summed E-state index contributed by atoms with van der Waals surface area (Å²) in [5.41, 5.74) is 2.72. The number of nitrogens with one attached hydrogen (secondary N) is 1. The molecule has 3 heterocycles. The van der Waals surface area contributed by atoms with Crippen molar-refractivity contribution in [2.24, 2.45) is 5.92 Å². The SMILES string of the molecule is Cc1ccc2cc([C@@H](c3nnnn3C3CCCC3)N3CCC(C)CC3)c(=O)[nH]c2c1. The average molecular weight is 407 g/mol. The van der Waals surface area contributed by atoms with E-state index in [9.17, 15) is 4.79 Å². The summed E-state index contributed by atoms with van der Waals surface area (Å²) < 4.78 is 2.01. The molecule has 0 bridgehead atoms. The second-order valence-corrected chi connectivity index (χ2v) is 9.19. The van der Waals surface area contributed by atoms with Crippen LogP contribution in [0.15, 0.2) is 29.1 Å². The Morgan fingerprint density at radius 2 is 1.87 bits per heavy atom. The first-order chi connectivity index (χ1) is 14.6. The summed E-state index contributed by atoms with van der Waals surface area (Å²) in [5.74, 6) is 1.53. The highest BCUT2D eigenvalue weighted by Crippen LogP contribution is 2.35. The Hall–Kier alpha value is -2.54. The zero-order valence-corrected chi connectivity index (χ0v) is 17.8. The summed E-state index contributed by atoms with van der Waals surface area (Å²) in [6.45, 7) is 6.25. The van der Waals surface area contributed by atoms with Gasteiger partial charge < -0.3 is 4.98 Å². The van der Waals surface area contributed by atoms with Crippen LogP contribution in [0.25, 0.3) is 10.9 Å². The van der Waals surface area contributed by atoms with Gasteiger partial charge in [0.25, 0.3) is 5.56 Å². The molecule has 2 fully saturated rings. The monoisotopic (exact) mass is 406 g/mol. The molecule has 30 heavy (non-hydrogen) atoms. The molecule has 158 valence electrons. The number of piperidine rings is 1. The van der Waals surface area contributed by atoms with Gasteiger partial charge in [0.1, 0.15) is 6.04 Å². The van der Waals surface area contributed by atoms with Gasteiger partial charge >= 0.3 is 0 Å². The van der Waals surface area contributed by atoms with Crippen molar-refractivity contribution in [2.75, 3.05) is 13.1 Å². The first kappa shape index (κ1) is 19.4. The number of rotatable bonds is 4. The molecule has 5 rings (SSSR count). The van der Waals surface area contributed by atoms with Gasteiger partial charge in [-0.3, -0.25) is 9.69 Å². The van der Waals surface area contributed by atoms with Crippen LogP contribution in [-0.2, 0) is 0 Å². The van der Waals surface area contributed by atoms with E-state index in [1.807, 2.05) is 23.7 Å². The molecule has 1 aliphatic carbocycles. The Bertz CT molecular complexity index is 1090. The fourth-order valence-corrected chi connectivity index (χ4v) is 5.11. The standard InChI is InChI=1S/C23H30N6O/c1-15-9-11-28(12-10-15)21(22-25-26-27-29(22)18-5-3-4-6-18)19-14-17-8-7-16(2)13-20(17)24-23(19)30/h7-8,13-15,18,21H,3-6,9-12H2,1-2H3,(H,24,30)/t21-/m0/s1. The summed E-state index contributed by atoms with van der Waals surface area (Å²) >= 11 is 0. The summed E-state index contributed by atoms with van der Waals surface area (Å²) in [6, 6.07) is 8.36. The predicted molar refractivity (Wildman–Crippen MR) is 116 cm³/mol. The molecule has 1 saturated heterocycles. The molecule has 2 aliphatic rings. The van der Waals surface area contributed by atoms with Crippen LogP contribution in [0.1, 0.15) is 74.5 Å². The van der Waals surface area contributed by atoms with Crippen molar-refractivity contribution in [3.63, 3.8) is 0 Å². The van der Waals surface area contributed by atoms with Crippen molar-refractivity contribution in [3.8, 4) is 0 Å². The van der Waals surface area contributed by atoms with Gasteiger partial charge in [-0.15, -0.1) is 5.10 Å². The zero-order chi connectivity index (χ0) is 20.7. The molecule has 0 radical (unpaired) electrons. The van der Waals surface area contributed by atoms with E-state index in [0.29, 0.717) is 12.0 Å². The molecule has 1 atom stereocenters. The molecule has 7 heteroatoms. The lowest BCUT2D eigenvalue weighted by Gasteiger charge is -2.36. The fraction of sp³-hybridized carbons (Fsp3) is 0.565. The molecule has 1 N–H and O–H groups in total. The minimum Gasteiger partial charge on any atom is -0.322 e. The van der Waals surface area contributed by atoms with Gasteiger partial charge in [-0.25, -0.2) is 4.68 Å². The number of pyridine rings is 1. The average Bonchev–Trinajstić information content (AvgIpc) is 3.42. The number of hydrogen-bond acceptors (Lipinski definition) is 5. The van der Waals surface area contributed by atoms with E-state index < -0.39 is 0 Å². The molecule has 0 spiro atoms. The minimum atomic E-state index is -0.220. The van der Waals surface area contributed by atoms with Crippen LogP contribution in [0.3, 0.4) is 0 Å². The number of tetrazole rings is 1. The molecular formula is C23H30N6O. The number of nitrogens with zero attached hydrogens (tertiary/aromatic N) is 5. The van der Waals surface area contributed by atoms with Gasteiger partial charge in [-0.05, 0) is 85.1 Å². The normalized spacial score (nSPS) is 20.2. The minimum absolute atomic E-state index is 0.0438. The zero-order valence-electron chi connectivity index (χ0n) is 17.8. The third-order valence-corrected chi connectivity index (χ3v) is 6.94. The quantitative estimate of drug-likeness (QED) is 0.714. The number of hydrogen-bond donors (Lipinski definition) is 1. The molecule has 2 aromatic heterocycles. The second-order valence-electron chi connectivity index (χ2n) is 9.19. The lowest BCUT2D eigenvalue weighted by molar-refractivity contribution is 0.147. The number of H-pyrrole nitrogens is 1. The van der Waals surface area contributed by atoms with E-state index in [1.54, 1.807) is 0 Å². The summed E-state index contributed by atoms with van der Waals surface area (Å²) in [4.78, 5) is 18.8. The molecule has 1 saturated carbocycles. The van der Waals surface area contributed by atoms with Gasteiger partial charge in [0.05, 0.1) is 6.04 Å². The molecule has 7 nitrogen and oxygen atoms in total. The highest BCUT2D eigenvalue weighted by molar-refractivity contribution is 5.79. The number of aromatic nitrogens is 5.